The molecule has 5 aliphatic rings. The lowest BCUT2D eigenvalue weighted by atomic mass is 9.53. The Morgan fingerprint density at radius 1 is 0.967 bits per heavy atom. The first-order chi connectivity index (χ1) is 14.7. The number of hydrogen-bond acceptors (Lipinski definition) is 4. The van der Waals surface area contributed by atoms with Crippen molar-refractivity contribution < 1.29 is 14.3 Å². The van der Waals surface area contributed by atoms with Crippen LogP contribution in [0, 0.1) is 35.5 Å². The monoisotopic (exact) mass is 417 g/mol. The number of nitrogens with zero attached hydrogens (tertiary/aromatic N) is 1. The molecule has 4 aliphatic carbocycles. The van der Waals surface area contributed by atoms with E-state index in [1.807, 2.05) is 0 Å². The second-order valence-corrected chi connectivity index (χ2v) is 10.6. The largest absolute Gasteiger partial charge is 0.446 e. The molecule has 5 fully saturated rings. The van der Waals surface area contributed by atoms with Gasteiger partial charge in [-0.15, -0.1) is 0 Å². The summed E-state index contributed by atoms with van der Waals surface area (Å²) in [5.41, 5.74) is 0. The zero-order valence-electron chi connectivity index (χ0n) is 18.3. The Bertz CT molecular complexity index is 641. The van der Waals surface area contributed by atoms with Crippen LogP contribution in [0.5, 0.6) is 0 Å². The van der Waals surface area contributed by atoms with E-state index < -0.39 is 0 Å². The van der Waals surface area contributed by atoms with E-state index in [-0.39, 0.29) is 18.1 Å². The summed E-state index contributed by atoms with van der Waals surface area (Å²) in [7, 11) is 0. The Hall–Kier alpha value is -1.30. The second kappa shape index (κ2) is 9.05. The zero-order valence-corrected chi connectivity index (χ0v) is 18.3. The number of carbonyl (C=O) groups is 2. The van der Waals surface area contributed by atoms with Gasteiger partial charge in [0.15, 0.2) is 0 Å². The summed E-state index contributed by atoms with van der Waals surface area (Å²) in [6, 6.07) is 0. The third kappa shape index (κ3) is 4.21. The Kier molecular flexibility index (Phi) is 6.22. The second-order valence-electron chi connectivity index (χ2n) is 10.6. The van der Waals surface area contributed by atoms with E-state index in [0.717, 1.165) is 54.9 Å². The van der Waals surface area contributed by atoms with Gasteiger partial charge >= 0.3 is 6.09 Å². The molecule has 4 saturated carbocycles. The van der Waals surface area contributed by atoms with Crippen LogP contribution < -0.4 is 10.6 Å². The maximum atomic E-state index is 12.3. The molecule has 0 aromatic heterocycles. The number of carbonyl (C=O) groups excluding carboxylic acids is 2. The normalized spacial score (nSPS) is 40.9. The van der Waals surface area contributed by atoms with E-state index in [2.05, 4.69) is 10.6 Å². The smallest absolute Gasteiger partial charge is 0.407 e. The van der Waals surface area contributed by atoms with Crippen molar-refractivity contribution >= 4 is 12.0 Å². The van der Waals surface area contributed by atoms with Gasteiger partial charge in [0.1, 0.15) is 6.10 Å². The molecule has 6 heteroatoms. The molecule has 168 valence electrons. The Morgan fingerprint density at radius 3 is 2.57 bits per heavy atom. The first-order valence-electron chi connectivity index (χ1n) is 12.6. The highest BCUT2D eigenvalue weighted by Gasteiger charge is 2.49. The van der Waals surface area contributed by atoms with Gasteiger partial charge in [0.05, 0.1) is 6.54 Å². The lowest BCUT2D eigenvalue weighted by molar-refractivity contribution is -0.131. The highest BCUT2D eigenvalue weighted by atomic mass is 16.6. The van der Waals surface area contributed by atoms with Crippen LogP contribution in [0.1, 0.15) is 64.2 Å². The molecule has 5 rings (SSSR count). The minimum atomic E-state index is -0.304. The number of fused-ring (bicyclic) bond motifs is 5. The van der Waals surface area contributed by atoms with Crippen molar-refractivity contribution in [2.75, 3.05) is 32.7 Å². The topological polar surface area (TPSA) is 70.7 Å². The van der Waals surface area contributed by atoms with Crippen LogP contribution in [-0.2, 0) is 9.53 Å². The van der Waals surface area contributed by atoms with Crippen molar-refractivity contribution in [3.05, 3.63) is 0 Å². The number of alkyl carbamates (subject to hydrolysis) is 1. The number of piperazine rings is 1. The van der Waals surface area contributed by atoms with E-state index in [4.69, 9.17) is 4.74 Å². The highest BCUT2D eigenvalue weighted by molar-refractivity contribution is 5.79. The summed E-state index contributed by atoms with van der Waals surface area (Å²) in [5.74, 6) is 5.78. The lowest BCUT2D eigenvalue weighted by Gasteiger charge is -2.52. The standard InChI is InChI=1S/C24H39N3O3/c28-23-15-25-10-12-27(23)13-11-26-24(29)30-18-6-9-20-17(14-18)5-8-21-19-3-1-2-16(19)4-7-22(20)21/h16-22,25H,1-15H2,(H,26,29). The minimum Gasteiger partial charge on any atom is -0.446 e. The average Bonchev–Trinajstić information content (AvgIpc) is 3.24. The first kappa shape index (κ1) is 20.6. The van der Waals surface area contributed by atoms with Gasteiger partial charge < -0.3 is 20.3 Å². The van der Waals surface area contributed by atoms with Gasteiger partial charge in [-0.3, -0.25) is 4.79 Å². The summed E-state index contributed by atoms with van der Waals surface area (Å²) < 4.78 is 5.80. The fraction of sp³-hybridized carbons (Fsp3) is 0.917. The Balaban J connectivity index is 1.06. The molecule has 0 spiro atoms. The van der Waals surface area contributed by atoms with Crippen molar-refractivity contribution in [2.45, 2.75) is 70.3 Å². The van der Waals surface area contributed by atoms with Crippen molar-refractivity contribution in [2.24, 2.45) is 35.5 Å². The van der Waals surface area contributed by atoms with Gasteiger partial charge in [-0.2, -0.15) is 0 Å². The fourth-order valence-corrected chi connectivity index (χ4v) is 7.91. The van der Waals surface area contributed by atoms with Gasteiger partial charge in [0.25, 0.3) is 0 Å². The quantitative estimate of drug-likeness (QED) is 0.737. The summed E-state index contributed by atoms with van der Waals surface area (Å²) in [5, 5.41) is 5.93. The summed E-state index contributed by atoms with van der Waals surface area (Å²) in [6.07, 6.45) is 13.3. The number of amides is 2. The van der Waals surface area contributed by atoms with E-state index >= 15 is 0 Å². The minimum absolute atomic E-state index is 0.0754. The molecular weight excluding hydrogens is 378 g/mol. The Labute approximate surface area is 180 Å². The maximum absolute atomic E-state index is 12.3. The molecule has 0 aromatic rings. The molecule has 0 bridgehead atoms. The van der Waals surface area contributed by atoms with Gasteiger partial charge in [0, 0.05) is 26.2 Å². The molecule has 0 radical (unpaired) electrons. The predicted molar refractivity (Wildman–Crippen MR) is 115 cm³/mol. The Morgan fingerprint density at radius 2 is 1.73 bits per heavy atom. The van der Waals surface area contributed by atoms with E-state index in [1.54, 1.807) is 4.90 Å². The summed E-state index contributed by atoms with van der Waals surface area (Å²) in [6.45, 7) is 2.97. The molecule has 7 unspecified atom stereocenters. The first-order valence-corrected chi connectivity index (χ1v) is 12.6. The van der Waals surface area contributed by atoms with Gasteiger partial charge in [-0.05, 0) is 86.9 Å². The van der Waals surface area contributed by atoms with Crippen LogP contribution in [-0.4, -0.2) is 55.7 Å². The van der Waals surface area contributed by atoms with Crippen LogP contribution >= 0.6 is 0 Å². The van der Waals surface area contributed by atoms with Crippen LogP contribution in [0.4, 0.5) is 4.79 Å². The maximum Gasteiger partial charge on any atom is 0.407 e. The van der Waals surface area contributed by atoms with Crippen LogP contribution in [0.15, 0.2) is 0 Å². The molecule has 0 aromatic carbocycles. The molecule has 30 heavy (non-hydrogen) atoms. The SMILES string of the molecule is O=C(NCCN1CCNCC1=O)OC1CCC2C(CCC3C4CCCC4CCC23)C1. The number of hydrogen-bond donors (Lipinski definition) is 2. The number of nitrogens with one attached hydrogen (secondary N) is 2. The zero-order chi connectivity index (χ0) is 20.5. The number of rotatable bonds is 4. The summed E-state index contributed by atoms with van der Waals surface area (Å²) in [4.78, 5) is 25.9. The highest BCUT2D eigenvalue weighted by Crippen LogP contribution is 2.57. The molecule has 6 nitrogen and oxygen atoms in total. The molecular formula is C24H39N3O3. The van der Waals surface area contributed by atoms with E-state index in [0.29, 0.717) is 26.2 Å². The van der Waals surface area contributed by atoms with Gasteiger partial charge in [-0.1, -0.05) is 12.8 Å². The third-order valence-electron chi connectivity index (χ3n) is 9.21. The van der Waals surface area contributed by atoms with Crippen LogP contribution in [0.2, 0.25) is 0 Å². The molecule has 2 N–H and O–H groups in total. The van der Waals surface area contributed by atoms with Crippen molar-refractivity contribution in [1.82, 2.24) is 15.5 Å². The summed E-state index contributed by atoms with van der Waals surface area (Å²) >= 11 is 0. The fourth-order valence-electron chi connectivity index (χ4n) is 7.91. The van der Waals surface area contributed by atoms with Crippen molar-refractivity contribution in [3.8, 4) is 0 Å². The molecule has 1 heterocycles. The van der Waals surface area contributed by atoms with Crippen LogP contribution in [0.3, 0.4) is 0 Å². The molecule has 1 saturated heterocycles. The molecule has 2 amide bonds. The third-order valence-corrected chi connectivity index (χ3v) is 9.21. The van der Waals surface area contributed by atoms with Crippen molar-refractivity contribution in [3.63, 3.8) is 0 Å². The number of ether oxygens (including phenoxy) is 1. The van der Waals surface area contributed by atoms with Gasteiger partial charge in [0.2, 0.25) is 5.91 Å². The predicted octanol–water partition coefficient (Wildman–Crippen LogP) is 3.17. The molecule has 7 atom stereocenters. The van der Waals surface area contributed by atoms with Crippen LogP contribution in [0.25, 0.3) is 0 Å². The van der Waals surface area contributed by atoms with E-state index in [9.17, 15) is 9.59 Å². The van der Waals surface area contributed by atoms with Crippen molar-refractivity contribution in [1.29, 1.82) is 0 Å². The lowest BCUT2D eigenvalue weighted by Crippen LogP contribution is -2.50. The van der Waals surface area contributed by atoms with Gasteiger partial charge in [-0.25, -0.2) is 4.79 Å². The molecule has 1 aliphatic heterocycles. The average molecular weight is 418 g/mol. The van der Waals surface area contributed by atoms with E-state index in [1.165, 1.54) is 51.4 Å².